The number of alkyl halides is 6. The average molecular weight is 839 g/mol. The van der Waals surface area contributed by atoms with E-state index < -0.39 is 23.5 Å². The predicted molar refractivity (Wildman–Crippen MR) is 220 cm³/mol. The molecule has 60 heavy (non-hydrogen) atoms. The maximum Gasteiger partial charge on any atom is 0.416 e. The summed E-state index contributed by atoms with van der Waals surface area (Å²) in [5, 5.41) is 0. The molecule has 0 spiro atoms. The van der Waals surface area contributed by atoms with Crippen LogP contribution in [0, 0.1) is 0 Å². The quantitative estimate of drug-likeness (QED) is 0.0739. The lowest BCUT2D eigenvalue weighted by molar-refractivity contribution is -0.138. The number of halogens is 6. The fourth-order valence-electron chi connectivity index (χ4n) is 7.98. The Morgan fingerprint density at radius 3 is 1.30 bits per heavy atom. The minimum atomic E-state index is -4.38. The van der Waals surface area contributed by atoms with Gasteiger partial charge in [0, 0.05) is 63.1 Å². The predicted octanol–water partition coefficient (Wildman–Crippen LogP) is 11.4. The first-order valence-corrected chi connectivity index (χ1v) is 21.0. The molecule has 2 aromatic carbocycles. The summed E-state index contributed by atoms with van der Waals surface area (Å²) < 4.78 is 78.4. The van der Waals surface area contributed by atoms with Crippen molar-refractivity contribution >= 4 is 12.1 Å². The number of rotatable bonds is 18. The van der Waals surface area contributed by atoms with Crippen LogP contribution in [0.2, 0.25) is 0 Å². The third-order valence-corrected chi connectivity index (χ3v) is 11.2. The molecular formula is C46H56F6N6O2. The first kappa shape index (κ1) is 45.9. The maximum atomic E-state index is 13.1. The number of hydrogen-bond acceptors (Lipinski definition) is 4. The number of carbonyl (C=O) groups excluding carboxylic acids is 2. The standard InChI is InChI=1S/2C23H28F3N3O/c2*1-2-21(18-9-8-10-19(17-18)23(24,25)26)29-16-15-28(22(29)30)14-7-3-4-11-20-12-5-6-13-27-20/h2*5-6,8-10,12-13,17,21H,2-4,7,11,14-16H2,1H3/t21-;/m0./s1. The van der Waals surface area contributed by atoms with Gasteiger partial charge in [0.1, 0.15) is 0 Å². The Bertz CT molecular complexity index is 1790. The second-order valence-electron chi connectivity index (χ2n) is 15.3. The molecule has 2 aliphatic rings. The molecule has 1 unspecified atom stereocenters. The van der Waals surface area contributed by atoms with E-state index in [4.69, 9.17) is 0 Å². The van der Waals surface area contributed by atoms with Crippen LogP contribution in [-0.4, -0.2) is 80.9 Å². The molecule has 2 fully saturated rings. The molecule has 14 heteroatoms. The second kappa shape index (κ2) is 21.9. The molecule has 2 saturated heterocycles. The van der Waals surface area contributed by atoms with Crippen LogP contribution in [0.3, 0.4) is 0 Å². The molecule has 0 saturated carbocycles. The summed E-state index contributed by atoms with van der Waals surface area (Å²) in [6.07, 6.45) is 3.68. The zero-order chi connectivity index (χ0) is 43.1. The molecular weight excluding hydrogens is 783 g/mol. The van der Waals surface area contributed by atoms with Gasteiger partial charge in [-0.25, -0.2) is 9.59 Å². The summed E-state index contributed by atoms with van der Waals surface area (Å²) in [4.78, 5) is 41.4. The topological polar surface area (TPSA) is 72.9 Å². The SMILES string of the molecule is CCC(c1cccc(C(F)(F)F)c1)N1CCN(CCCCCc2ccccn2)C1=O.CC[C@@H](c1cccc(C(F)(F)F)c1)N1CCN(CCCCCc2ccccn2)C1=O. The lowest BCUT2D eigenvalue weighted by Gasteiger charge is -2.28. The highest BCUT2D eigenvalue weighted by Gasteiger charge is 2.37. The van der Waals surface area contributed by atoms with Crippen LogP contribution >= 0.6 is 0 Å². The first-order chi connectivity index (χ1) is 28.8. The molecule has 0 aliphatic carbocycles. The summed E-state index contributed by atoms with van der Waals surface area (Å²) in [5.74, 6) is 0. The maximum absolute atomic E-state index is 13.1. The zero-order valence-corrected chi connectivity index (χ0v) is 34.5. The number of urea groups is 2. The molecule has 4 heterocycles. The lowest BCUT2D eigenvalue weighted by atomic mass is 10.0. The second-order valence-corrected chi connectivity index (χ2v) is 15.3. The Balaban J connectivity index is 0.000000228. The average Bonchev–Trinajstić information content (AvgIpc) is 3.79. The Labute approximate surface area is 349 Å². The molecule has 2 aromatic heterocycles. The van der Waals surface area contributed by atoms with Crippen LogP contribution in [0.5, 0.6) is 0 Å². The van der Waals surface area contributed by atoms with E-state index >= 15 is 0 Å². The summed E-state index contributed by atoms with van der Waals surface area (Å²) in [5.41, 5.74) is 1.89. The number of benzene rings is 2. The molecule has 0 N–H and O–H groups in total. The van der Waals surface area contributed by atoms with Gasteiger partial charge in [-0.1, -0.05) is 63.1 Å². The van der Waals surface area contributed by atoms with Gasteiger partial charge in [0.2, 0.25) is 0 Å². The molecule has 0 radical (unpaired) electrons. The smallest absolute Gasteiger partial charge is 0.323 e. The van der Waals surface area contributed by atoms with Gasteiger partial charge in [-0.3, -0.25) is 9.97 Å². The summed E-state index contributed by atoms with van der Waals surface area (Å²) in [6, 6.07) is 21.6. The molecule has 2 aliphatic heterocycles. The van der Waals surface area contributed by atoms with Gasteiger partial charge in [-0.05, 0) is 111 Å². The van der Waals surface area contributed by atoms with Gasteiger partial charge in [0.15, 0.2) is 0 Å². The normalized spacial score (nSPS) is 15.7. The number of aromatic nitrogens is 2. The third kappa shape index (κ3) is 12.9. The molecule has 2 atom stereocenters. The molecule has 0 bridgehead atoms. The summed E-state index contributed by atoms with van der Waals surface area (Å²) >= 11 is 0. The number of nitrogens with zero attached hydrogens (tertiary/aromatic N) is 6. The van der Waals surface area contributed by atoms with E-state index in [0.717, 1.165) is 74.9 Å². The van der Waals surface area contributed by atoms with Crippen LogP contribution in [0.4, 0.5) is 35.9 Å². The number of amides is 4. The monoisotopic (exact) mass is 838 g/mol. The lowest BCUT2D eigenvalue weighted by Crippen LogP contribution is -2.35. The molecule has 324 valence electrons. The van der Waals surface area contributed by atoms with E-state index in [1.807, 2.05) is 60.0 Å². The Morgan fingerprint density at radius 2 is 0.950 bits per heavy atom. The third-order valence-electron chi connectivity index (χ3n) is 11.2. The Kier molecular flexibility index (Phi) is 16.8. The van der Waals surface area contributed by atoms with Crippen molar-refractivity contribution in [1.82, 2.24) is 29.6 Å². The Hall–Kier alpha value is -5.14. The molecule has 4 aromatic rings. The van der Waals surface area contributed by atoms with Crippen molar-refractivity contribution in [3.05, 3.63) is 131 Å². The molecule has 8 nitrogen and oxygen atoms in total. The van der Waals surface area contributed by atoms with E-state index in [1.54, 1.807) is 34.3 Å². The summed E-state index contributed by atoms with van der Waals surface area (Å²) in [6.45, 7) is 7.48. The van der Waals surface area contributed by atoms with Gasteiger partial charge in [0.25, 0.3) is 0 Å². The summed E-state index contributed by atoms with van der Waals surface area (Å²) in [7, 11) is 0. The van der Waals surface area contributed by atoms with Gasteiger partial charge < -0.3 is 19.6 Å². The fourth-order valence-corrected chi connectivity index (χ4v) is 7.98. The van der Waals surface area contributed by atoms with Gasteiger partial charge >= 0.3 is 24.4 Å². The molecule has 4 amide bonds. The van der Waals surface area contributed by atoms with Crippen molar-refractivity contribution in [2.24, 2.45) is 0 Å². The van der Waals surface area contributed by atoms with Gasteiger partial charge in [-0.15, -0.1) is 0 Å². The van der Waals surface area contributed by atoms with Crippen molar-refractivity contribution < 1.29 is 35.9 Å². The van der Waals surface area contributed by atoms with Crippen molar-refractivity contribution in [2.75, 3.05) is 39.3 Å². The number of pyridine rings is 2. The van der Waals surface area contributed by atoms with Crippen LogP contribution < -0.4 is 0 Å². The van der Waals surface area contributed by atoms with Crippen molar-refractivity contribution in [1.29, 1.82) is 0 Å². The zero-order valence-electron chi connectivity index (χ0n) is 34.5. The van der Waals surface area contributed by atoms with Crippen LogP contribution in [0.1, 0.15) is 111 Å². The minimum absolute atomic E-state index is 0.0796. The van der Waals surface area contributed by atoms with E-state index in [2.05, 4.69) is 9.97 Å². The highest BCUT2D eigenvalue weighted by Crippen LogP contribution is 2.36. The number of carbonyl (C=O) groups is 2. The van der Waals surface area contributed by atoms with Crippen molar-refractivity contribution in [2.45, 2.75) is 102 Å². The van der Waals surface area contributed by atoms with Gasteiger partial charge in [0.05, 0.1) is 23.2 Å². The highest BCUT2D eigenvalue weighted by molar-refractivity contribution is 5.77. The number of unbranched alkanes of at least 4 members (excludes halogenated alkanes) is 4. The van der Waals surface area contributed by atoms with E-state index in [-0.39, 0.29) is 24.1 Å². The minimum Gasteiger partial charge on any atom is -0.323 e. The van der Waals surface area contributed by atoms with Crippen molar-refractivity contribution in [3.63, 3.8) is 0 Å². The van der Waals surface area contributed by atoms with E-state index in [0.29, 0.717) is 63.2 Å². The van der Waals surface area contributed by atoms with E-state index in [1.165, 1.54) is 24.3 Å². The fraction of sp³-hybridized carbons (Fsp3) is 0.478. The van der Waals surface area contributed by atoms with Gasteiger partial charge in [-0.2, -0.15) is 26.3 Å². The Morgan fingerprint density at radius 1 is 0.533 bits per heavy atom. The van der Waals surface area contributed by atoms with Crippen molar-refractivity contribution in [3.8, 4) is 0 Å². The van der Waals surface area contributed by atoms with Crippen LogP contribution in [0.15, 0.2) is 97.3 Å². The first-order valence-electron chi connectivity index (χ1n) is 21.0. The largest absolute Gasteiger partial charge is 0.416 e. The number of hydrogen-bond donors (Lipinski definition) is 0. The van der Waals surface area contributed by atoms with Crippen LogP contribution in [0.25, 0.3) is 0 Å². The highest BCUT2D eigenvalue weighted by atomic mass is 19.4. The molecule has 6 rings (SSSR count). The number of aryl methyl sites for hydroxylation is 2. The van der Waals surface area contributed by atoms with Crippen LogP contribution in [-0.2, 0) is 25.2 Å². The van der Waals surface area contributed by atoms with E-state index in [9.17, 15) is 35.9 Å².